The van der Waals surface area contributed by atoms with Crippen LogP contribution in [-0.2, 0) is 18.3 Å². The molecular formula is C17H21N3O3S. The number of aromatic nitrogens is 2. The number of nitrogens with one attached hydrogen (secondary N) is 1. The summed E-state index contributed by atoms with van der Waals surface area (Å²) in [5.74, 6) is 1.68. The summed E-state index contributed by atoms with van der Waals surface area (Å²) in [7, 11) is 1.90. The van der Waals surface area contributed by atoms with E-state index in [9.17, 15) is 4.79 Å². The SMILES string of the molecule is CCOc1cc2c(cc1NC(=O)CSc1nccn1C)O[C@H](C)C2. The van der Waals surface area contributed by atoms with Gasteiger partial charge in [-0.1, -0.05) is 11.8 Å². The van der Waals surface area contributed by atoms with E-state index in [2.05, 4.69) is 10.3 Å². The maximum Gasteiger partial charge on any atom is 0.234 e. The van der Waals surface area contributed by atoms with Crippen molar-refractivity contribution >= 4 is 23.4 Å². The number of amides is 1. The van der Waals surface area contributed by atoms with Crippen molar-refractivity contribution in [2.45, 2.75) is 31.5 Å². The maximum absolute atomic E-state index is 12.3. The number of rotatable bonds is 6. The highest BCUT2D eigenvalue weighted by Gasteiger charge is 2.22. The zero-order valence-electron chi connectivity index (χ0n) is 14.0. The van der Waals surface area contributed by atoms with Gasteiger partial charge in [0.25, 0.3) is 0 Å². The third-order valence-corrected chi connectivity index (χ3v) is 4.74. The summed E-state index contributed by atoms with van der Waals surface area (Å²) in [6, 6.07) is 3.82. The molecule has 7 heteroatoms. The van der Waals surface area contributed by atoms with Crippen LogP contribution in [0.25, 0.3) is 0 Å². The number of hydrogen-bond donors (Lipinski definition) is 1. The molecule has 0 saturated heterocycles. The van der Waals surface area contributed by atoms with Crippen LogP contribution in [0.1, 0.15) is 19.4 Å². The smallest absolute Gasteiger partial charge is 0.234 e. The topological polar surface area (TPSA) is 65.4 Å². The highest BCUT2D eigenvalue weighted by atomic mass is 32.2. The standard InChI is InChI=1S/C17H21N3O3S/c1-4-22-15-8-12-7-11(2)23-14(12)9-13(15)19-16(21)10-24-17-18-5-6-20(17)3/h5-6,8-9,11H,4,7,10H2,1-3H3,(H,19,21)/t11-/m1/s1. The zero-order valence-corrected chi connectivity index (χ0v) is 14.9. The van der Waals surface area contributed by atoms with Crippen molar-refractivity contribution in [2.24, 2.45) is 7.05 Å². The number of thioether (sulfide) groups is 1. The lowest BCUT2D eigenvalue weighted by molar-refractivity contribution is -0.113. The van der Waals surface area contributed by atoms with Gasteiger partial charge in [-0.2, -0.15) is 0 Å². The Hall–Kier alpha value is -2.15. The molecule has 0 spiro atoms. The van der Waals surface area contributed by atoms with E-state index in [0.29, 0.717) is 18.0 Å². The molecule has 0 aliphatic carbocycles. The second-order valence-corrected chi connectivity index (χ2v) is 6.62. The van der Waals surface area contributed by atoms with Gasteiger partial charge < -0.3 is 19.4 Å². The lowest BCUT2D eigenvalue weighted by Gasteiger charge is -2.13. The van der Waals surface area contributed by atoms with E-state index >= 15 is 0 Å². The third kappa shape index (κ3) is 3.67. The van der Waals surface area contributed by atoms with Gasteiger partial charge in [0.05, 0.1) is 18.0 Å². The molecule has 0 fully saturated rings. The molecule has 1 amide bonds. The number of hydrogen-bond acceptors (Lipinski definition) is 5. The summed E-state index contributed by atoms with van der Waals surface area (Å²) < 4.78 is 13.3. The number of carbonyl (C=O) groups is 1. The Morgan fingerprint density at radius 1 is 1.54 bits per heavy atom. The third-order valence-electron chi connectivity index (χ3n) is 3.68. The van der Waals surface area contributed by atoms with Crippen LogP contribution < -0.4 is 14.8 Å². The van der Waals surface area contributed by atoms with Crippen molar-refractivity contribution in [3.05, 3.63) is 30.1 Å². The van der Waals surface area contributed by atoms with Crippen molar-refractivity contribution < 1.29 is 14.3 Å². The van der Waals surface area contributed by atoms with Gasteiger partial charge in [-0.25, -0.2) is 4.98 Å². The summed E-state index contributed by atoms with van der Waals surface area (Å²) in [5.41, 5.74) is 1.77. The monoisotopic (exact) mass is 347 g/mol. The summed E-state index contributed by atoms with van der Waals surface area (Å²) in [5, 5.41) is 3.73. The Kier molecular flexibility index (Phi) is 4.99. The van der Waals surface area contributed by atoms with E-state index in [-0.39, 0.29) is 17.8 Å². The Morgan fingerprint density at radius 2 is 2.38 bits per heavy atom. The van der Waals surface area contributed by atoms with Crippen LogP contribution in [0.4, 0.5) is 5.69 Å². The number of imidazole rings is 1. The molecule has 0 saturated carbocycles. The molecule has 1 aliphatic rings. The quantitative estimate of drug-likeness (QED) is 0.814. The Labute approximate surface area is 145 Å². The predicted molar refractivity (Wildman–Crippen MR) is 94.0 cm³/mol. The highest BCUT2D eigenvalue weighted by molar-refractivity contribution is 7.99. The molecule has 1 atom stereocenters. The van der Waals surface area contributed by atoms with Crippen molar-refractivity contribution in [1.29, 1.82) is 0 Å². The number of aryl methyl sites for hydroxylation is 1. The number of anilines is 1. The van der Waals surface area contributed by atoms with Gasteiger partial charge in [-0.3, -0.25) is 4.79 Å². The number of benzene rings is 1. The number of fused-ring (bicyclic) bond motifs is 1. The fraction of sp³-hybridized carbons (Fsp3) is 0.412. The maximum atomic E-state index is 12.3. The van der Waals surface area contributed by atoms with Crippen LogP contribution in [0.3, 0.4) is 0 Å². The van der Waals surface area contributed by atoms with Crippen LogP contribution in [0.2, 0.25) is 0 Å². The first-order valence-electron chi connectivity index (χ1n) is 7.93. The van der Waals surface area contributed by atoms with E-state index in [1.165, 1.54) is 11.8 Å². The van der Waals surface area contributed by atoms with E-state index in [0.717, 1.165) is 22.9 Å². The lowest BCUT2D eigenvalue weighted by Crippen LogP contribution is -2.15. The first-order valence-corrected chi connectivity index (χ1v) is 8.91. The molecule has 24 heavy (non-hydrogen) atoms. The van der Waals surface area contributed by atoms with Crippen LogP contribution in [0, 0.1) is 0 Å². The predicted octanol–water partition coefficient (Wildman–Crippen LogP) is 2.87. The molecule has 2 heterocycles. The molecule has 3 rings (SSSR count). The normalized spacial score (nSPS) is 15.7. The van der Waals surface area contributed by atoms with Crippen LogP contribution >= 0.6 is 11.8 Å². The van der Waals surface area contributed by atoms with Gasteiger partial charge in [-0.15, -0.1) is 0 Å². The van der Waals surface area contributed by atoms with E-state index in [4.69, 9.17) is 9.47 Å². The lowest BCUT2D eigenvalue weighted by atomic mass is 10.1. The van der Waals surface area contributed by atoms with Crippen LogP contribution in [0.5, 0.6) is 11.5 Å². The summed E-state index contributed by atoms with van der Waals surface area (Å²) in [4.78, 5) is 16.5. The molecule has 1 aliphatic heterocycles. The molecule has 0 bridgehead atoms. The average molecular weight is 347 g/mol. The van der Waals surface area contributed by atoms with E-state index < -0.39 is 0 Å². The fourth-order valence-electron chi connectivity index (χ4n) is 2.62. The van der Waals surface area contributed by atoms with Crippen molar-refractivity contribution in [1.82, 2.24) is 9.55 Å². The van der Waals surface area contributed by atoms with Gasteiger partial charge in [-0.05, 0) is 19.9 Å². The van der Waals surface area contributed by atoms with Gasteiger partial charge in [0.1, 0.15) is 17.6 Å². The molecule has 128 valence electrons. The Morgan fingerprint density at radius 3 is 3.08 bits per heavy atom. The highest BCUT2D eigenvalue weighted by Crippen LogP contribution is 2.38. The molecule has 0 unspecified atom stereocenters. The molecule has 1 aromatic heterocycles. The number of carbonyl (C=O) groups excluding carboxylic acids is 1. The Balaban J connectivity index is 1.70. The molecule has 6 nitrogen and oxygen atoms in total. The van der Waals surface area contributed by atoms with Crippen molar-refractivity contribution in [3.8, 4) is 11.5 Å². The Bertz CT molecular complexity index is 745. The minimum absolute atomic E-state index is 0.102. The molecule has 2 aromatic rings. The second-order valence-electron chi connectivity index (χ2n) is 5.68. The van der Waals surface area contributed by atoms with Gasteiger partial charge in [0.2, 0.25) is 5.91 Å². The van der Waals surface area contributed by atoms with Gasteiger partial charge in [0, 0.05) is 37.5 Å². The van der Waals surface area contributed by atoms with E-state index in [1.54, 1.807) is 6.20 Å². The number of nitrogens with zero attached hydrogens (tertiary/aromatic N) is 2. The number of ether oxygens (including phenoxy) is 2. The molecule has 0 radical (unpaired) electrons. The second kappa shape index (κ2) is 7.17. The van der Waals surface area contributed by atoms with Crippen molar-refractivity contribution in [2.75, 3.05) is 17.7 Å². The van der Waals surface area contributed by atoms with Gasteiger partial charge in [0.15, 0.2) is 5.16 Å². The molecular weight excluding hydrogens is 326 g/mol. The average Bonchev–Trinajstić information content (AvgIpc) is 3.10. The summed E-state index contributed by atoms with van der Waals surface area (Å²) in [6.45, 7) is 4.50. The minimum Gasteiger partial charge on any atom is -0.492 e. The zero-order chi connectivity index (χ0) is 17.1. The van der Waals surface area contributed by atoms with Gasteiger partial charge >= 0.3 is 0 Å². The molecule has 1 N–H and O–H groups in total. The van der Waals surface area contributed by atoms with Crippen molar-refractivity contribution in [3.63, 3.8) is 0 Å². The summed E-state index contributed by atoms with van der Waals surface area (Å²) in [6.07, 6.45) is 4.58. The molecule has 1 aromatic carbocycles. The first-order chi connectivity index (χ1) is 11.6. The van der Waals surface area contributed by atoms with Crippen LogP contribution in [-0.4, -0.2) is 33.9 Å². The van der Waals surface area contributed by atoms with Crippen LogP contribution in [0.15, 0.2) is 29.7 Å². The fourth-order valence-corrected chi connectivity index (χ4v) is 3.35. The summed E-state index contributed by atoms with van der Waals surface area (Å²) >= 11 is 1.39. The van der Waals surface area contributed by atoms with E-state index in [1.807, 2.05) is 43.8 Å². The largest absolute Gasteiger partial charge is 0.492 e. The first kappa shape index (κ1) is 16.7. The minimum atomic E-state index is -0.102.